The van der Waals surface area contributed by atoms with E-state index in [1.165, 1.54) is 0 Å². The molecule has 7 nitrogen and oxygen atoms in total. The fourth-order valence-corrected chi connectivity index (χ4v) is 3.22. The Balaban J connectivity index is 1.68. The van der Waals surface area contributed by atoms with Gasteiger partial charge in [0.15, 0.2) is 18.1 Å². The first kappa shape index (κ1) is 20.5. The van der Waals surface area contributed by atoms with Crippen molar-refractivity contribution in [2.45, 2.75) is 26.2 Å². The first-order valence-corrected chi connectivity index (χ1v) is 9.91. The van der Waals surface area contributed by atoms with E-state index >= 15 is 0 Å². The number of carbonyl (C=O) groups excluding carboxylic acids is 2. The number of likely N-dealkylation sites (tertiary alicyclic amines) is 1. The number of nitrogens with one attached hydrogen (secondary N) is 1. The predicted octanol–water partition coefficient (Wildman–Crippen LogP) is 3.31. The Morgan fingerprint density at radius 1 is 1.03 bits per heavy atom. The summed E-state index contributed by atoms with van der Waals surface area (Å²) in [6, 6.07) is 12.0. The molecule has 1 fully saturated rings. The number of nitrogen functional groups attached to an aromatic ring is 1. The largest absolute Gasteiger partial charge is 0.490 e. The number of para-hydroxylation sites is 2. The minimum atomic E-state index is -0.306. The van der Waals surface area contributed by atoms with E-state index in [1.807, 2.05) is 11.8 Å². The fraction of sp³-hybridized carbons (Fsp3) is 0.364. The number of rotatable bonds is 7. The predicted molar refractivity (Wildman–Crippen MR) is 112 cm³/mol. The van der Waals surface area contributed by atoms with E-state index in [0.717, 1.165) is 32.4 Å². The number of ether oxygens (including phenoxy) is 2. The highest BCUT2D eigenvalue weighted by Crippen LogP contribution is 2.29. The van der Waals surface area contributed by atoms with Crippen LogP contribution in [0.3, 0.4) is 0 Å². The average Bonchev–Trinajstić information content (AvgIpc) is 2.75. The maximum atomic E-state index is 12.6. The summed E-state index contributed by atoms with van der Waals surface area (Å²) in [6.07, 6.45) is 3.23. The molecule has 1 saturated heterocycles. The number of piperidine rings is 1. The molecule has 2 aromatic carbocycles. The number of hydrogen-bond acceptors (Lipinski definition) is 5. The third-order valence-electron chi connectivity index (χ3n) is 4.77. The molecule has 2 amide bonds. The summed E-state index contributed by atoms with van der Waals surface area (Å²) in [5, 5.41) is 2.79. The minimum absolute atomic E-state index is 0.0338. The number of anilines is 2. The highest BCUT2D eigenvalue weighted by molar-refractivity contribution is 6.06. The van der Waals surface area contributed by atoms with E-state index in [-0.39, 0.29) is 18.4 Å². The number of amides is 2. The lowest BCUT2D eigenvalue weighted by Gasteiger charge is -2.26. The molecule has 0 saturated carbocycles. The molecule has 3 rings (SSSR count). The van der Waals surface area contributed by atoms with Gasteiger partial charge >= 0.3 is 0 Å². The van der Waals surface area contributed by atoms with E-state index < -0.39 is 0 Å². The normalized spacial score (nSPS) is 13.6. The van der Waals surface area contributed by atoms with Gasteiger partial charge in [-0.25, -0.2) is 0 Å². The van der Waals surface area contributed by atoms with Crippen LogP contribution in [0.4, 0.5) is 11.4 Å². The Hall–Kier alpha value is -3.22. The minimum Gasteiger partial charge on any atom is -0.490 e. The van der Waals surface area contributed by atoms with Gasteiger partial charge in [0.1, 0.15) is 0 Å². The zero-order chi connectivity index (χ0) is 20.6. The van der Waals surface area contributed by atoms with Gasteiger partial charge in [0.2, 0.25) is 0 Å². The standard InChI is InChI=1S/C22H27N3O4/c1-2-28-20-14-16(22(27)24-18-9-5-4-8-17(18)23)10-11-19(20)29-15-21(26)25-12-6-3-7-13-25/h4-5,8-11,14H,2-3,6-7,12-13,15,23H2,1H3,(H,24,27). The molecule has 0 radical (unpaired) electrons. The van der Waals surface area contributed by atoms with E-state index in [4.69, 9.17) is 15.2 Å². The van der Waals surface area contributed by atoms with Crippen LogP contribution >= 0.6 is 0 Å². The maximum Gasteiger partial charge on any atom is 0.260 e. The second kappa shape index (κ2) is 9.82. The molecule has 7 heteroatoms. The van der Waals surface area contributed by atoms with Crippen LogP contribution in [0.1, 0.15) is 36.5 Å². The van der Waals surface area contributed by atoms with Crippen molar-refractivity contribution < 1.29 is 19.1 Å². The summed E-state index contributed by atoms with van der Waals surface area (Å²) in [4.78, 5) is 26.7. The van der Waals surface area contributed by atoms with Crippen LogP contribution in [0, 0.1) is 0 Å². The number of carbonyl (C=O) groups is 2. The quantitative estimate of drug-likeness (QED) is 0.699. The Morgan fingerprint density at radius 3 is 2.52 bits per heavy atom. The Morgan fingerprint density at radius 2 is 1.79 bits per heavy atom. The summed E-state index contributed by atoms with van der Waals surface area (Å²) < 4.78 is 11.3. The third-order valence-corrected chi connectivity index (χ3v) is 4.77. The number of benzene rings is 2. The van der Waals surface area contributed by atoms with E-state index in [0.29, 0.717) is 35.0 Å². The van der Waals surface area contributed by atoms with E-state index in [9.17, 15) is 9.59 Å². The Labute approximate surface area is 170 Å². The summed E-state index contributed by atoms with van der Waals surface area (Å²) in [7, 11) is 0. The monoisotopic (exact) mass is 397 g/mol. The van der Waals surface area contributed by atoms with Gasteiger partial charge in [-0.2, -0.15) is 0 Å². The molecule has 1 heterocycles. The van der Waals surface area contributed by atoms with Gasteiger partial charge in [0.05, 0.1) is 18.0 Å². The second-order valence-electron chi connectivity index (χ2n) is 6.87. The molecular weight excluding hydrogens is 370 g/mol. The van der Waals surface area contributed by atoms with Gasteiger partial charge in [-0.3, -0.25) is 9.59 Å². The van der Waals surface area contributed by atoms with Crippen LogP contribution < -0.4 is 20.5 Å². The number of hydrogen-bond donors (Lipinski definition) is 2. The molecule has 0 aliphatic carbocycles. The maximum absolute atomic E-state index is 12.6. The van der Waals surface area contributed by atoms with Crippen molar-refractivity contribution in [3.05, 3.63) is 48.0 Å². The lowest BCUT2D eigenvalue weighted by Crippen LogP contribution is -2.38. The Bertz CT molecular complexity index is 863. The van der Waals surface area contributed by atoms with Gasteiger partial charge in [-0.05, 0) is 56.5 Å². The van der Waals surface area contributed by atoms with Crippen molar-refractivity contribution in [2.75, 3.05) is 37.4 Å². The first-order chi connectivity index (χ1) is 14.1. The van der Waals surface area contributed by atoms with Crippen LogP contribution in [0.5, 0.6) is 11.5 Å². The summed E-state index contributed by atoms with van der Waals surface area (Å²) >= 11 is 0. The molecule has 0 bridgehead atoms. The lowest BCUT2D eigenvalue weighted by molar-refractivity contribution is -0.134. The lowest BCUT2D eigenvalue weighted by atomic mass is 10.1. The average molecular weight is 397 g/mol. The smallest absolute Gasteiger partial charge is 0.260 e. The van der Waals surface area contributed by atoms with Crippen molar-refractivity contribution in [1.82, 2.24) is 4.90 Å². The van der Waals surface area contributed by atoms with Crippen molar-refractivity contribution in [1.29, 1.82) is 0 Å². The van der Waals surface area contributed by atoms with Gasteiger partial charge < -0.3 is 25.4 Å². The highest BCUT2D eigenvalue weighted by Gasteiger charge is 2.18. The van der Waals surface area contributed by atoms with E-state index in [2.05, 4.69) is 5.32 Å². The highest BCUT2D eigenvalue weighted by atomic mass is 16.5. The first-order valence-electron chi connectivity index (χ1n) is 9.91. The molecule has 29 heavy (non-hydrogen) atoms. The van der Waals surface area contributed by atoms with E-state index in [1.54, 1.807) is 42.5 Å². The van der Waals surface area contributed by atoms with Crippen LogP contribution in [0.2, 0.25) is 0 Å². The molecule has 0 atom stereocenters. The second-order valence-corrected chi connectivity index (χ2v) is 6.87. The number of nitrogens with zero attached hydrogens (tertiary/aromatic N) is 1. The van der Waals surface area contributed by atoms with Crippen LogP contribution in [-0.2, 0) is 4.79 Å². The fourth-order valence-electron chi connectivity index (χ4n) is 3.22. The molecule has 2 aromatic rings. The summed E-state index contributed by atoms with van der Waals surface area (Å²) in [5.74, 6) is 0.522. The zero-order valence-corrected chi connectivity index (χ0v) is 16.6. The molecule has 1 aliphatic heterocycles. The molecular formula is C22H27N3O4. The summed E-state index contributed by atoms with van der Waals surface area (Å²) in [6.45, 7) is 3.77. The molecule has 3 N–H and O–H groups in total. The third kappa shape index (κ3) is 5.40. The van der Waals surface area contributed by atoms with Gasteiger partial charge in [-0.1, -0.05) is 12.1 Å². The van der Waals surface area contributed by atoms with Crippen LogP contribution in [-0.4, -0.2) is 43.0 Å². The Kier molecular flexibility index (Phi) is 6.94. The molecule has 154 valence electrons. The number of nitrogens with two attached hydrogens (primary N) is 1. The summed E-state index contributed by atoms with van der Waals surface area (Å²) in [5.41, 5.74) is 7.32. The van der Waals surface area contributed by atoms with Crippen LogP contribution in [0.25, 0.3) is 0 Å². The topological polar surface area (TPSA) is 93.9 Å². The van der Waals surface area contributed by atoms with Crippen LogP contribution in [0.15, 0.2) is 42.5 Å². The molecule has 0 aromatic heterocycles. The van der Waals surface area contributed by atoms with Gasteiger partial charge in [0, 0.05) is 18.7 Å². The van der Waals surface area contributed by atoms with Gasteiger partial charge in [-0.15, -0.1) is 0 Å². The van der Waals surface area contributed by atoms with Gasteiger partial charge in [0.25, 0.3) is 11.8 Å². The molecule has 0 unspecified atom stereocenters. The van der Waals surface area contributed by atoms with Crippen molar-refractivity contribution in [2.24, 2.45) is 0 Å². The molecule has 0 spiro atoms. The van der Waals surface area contributed by atoms with Crippen molar-refractivity contribution in [3.63, 3.8) is 0 Å². The zero-order valence-electron chi connectivity index (χ0n) is 16.6. The van der Waals surface area contributed by atoms with Crippen molar-refractivity contribution >= 4 is 23.2 Å². The SMILES string of the molecule is CCOc1cc(C(=O)Nc2ccccc2N)ccc1OCC(=O)N1CCCCC1. The van der Waals surface area contributed by atoms with Crippen molar-refractivity contribution in [3.8, 4) is 11.5 Å². The molecule has 1 aliphatic rings.